The van der Waals surface area contributed by atoms with Gasteiger partial charge in [-0.2, -0.15) is 4.52 Å². The van der Waals surface area contributed by atoms with Crippen molar-refractivity contribution in [3.8, 4) is 11.3 Å². The number of nitrogens with one attached hydrogen (secondary N) is 1. The molecule has 1 amide bonds. The maximum atomic E-state index is 13.7. The fourth-order valence-electron chi connectivity index (χ4n) is 2.73. The summed E-state index contributed by atoms with van der Waals surface area (Å²) in [5, 5.41) is 6.62. The van der Waals surface area contributed by atoms with Gasteiger partial charge in [0.05, 0.1) is 9.26 Å². The van der Waals surface area contributed by atoms with E-state index in [0.717, 1.165) is 17.7 Å². The monoisotopic (exact) mass is 506 g/mol. The molecule has 2 aromatic heterocycles. The molecule has 0 atom stereocenters. The third-order valence-corrected chi connectivity index (χ3v) is 5.15. The molecule has 29 heavy (non-hydrogen) atoms. The molecular formula is C19H13F2IN6O. The molecule has 0 aliphatic rings. The minimum Gasteiger partial charge on any atom is -0.368 e. The number of amides is 1. The molecule has 7 nitrogen and oxygen atoms in total. The van der Waals surface area contributed by atoms with Gasteiger partial charge in [0, 0.05) is 23.7 Å². The number of nitrogen functional groups attached to an aromatic ring is 1. The van der Waals surface area contributed by atoms with E-state index in [1.54, 1.807) is 0 Å². The van der Waals surface area contributed by atoms with Crippen molar-refractivity contribution in [1.82, 2.24) is 24.9 Å². The quantitative estimate of drug-likeness (QED) is 0.415. The minimum atomic E-state index is -0.747. The Hall–Kier alpha value is -3.15. The van der Waals surface area contributed by atoms with Gasteiger partial charge in [0.2, 0.25) is 11.8 Å². The SMILES string of the molecule is Nc1nc(-c2ccccc2)c(I)c2nc(C(=O)NCc3ccc(F)cc3F)nn12. The maximum Gasteiger partial charge on any atom is 0.291 e. The number of benzene rings is 2. The van der Waals surface area contributed by atoms with Crippen LogP contribution in [0, 0.1) is 15.2 Å². The first-order valence-electron chi connectivity index (χ1n) is 8.43. The summed E-state index contributed by atoms with van der Waals surface area (Å²) in [6.45, 7) is -0.138. The molecule has 0 aliphatic carbocycles. The van der Waals surface area contributed by atoms with E-state index in [4.69, 9.17) is 5.73 Å². The Morgan fingerprint density at radius 3 is 2.62 bits per heavy atom. The molecule has 0 spiro atoms. The second kappa shape index (κ2) is 7.70. The van der Waals surface area contributed by atoms with E-state index in [-0.39, 0.29) is 23.9 Å². The van der Waals surface area contributed by atoms with E-state index in [1.807, 2.05) is 30.3 Å². The average molecular weight is 506 g/mol. The van der Waals surface area contributed by atoms with Gasteiger partial charge < -0.3 is 11.1 Å². The summed E-state index contributed by atoms with van der Waals surface area (Å²) in [6, 6.07) is 12.6. The van der Waals surface area contributed by atoms with Crippen molar-refractivity contribution in [2.45, 2.75) is 6.54 Å². The van der Waals surface area contributed by atoms with E-state index >= 15 is 0 Å². The number of fused-ring (bicyclic) bond motifs is 1. The highest BCUT2D eigenvalue weighted by atomic mass is 127. The highest BCUT2D eigenvalue weighted by Crippen LogP contribution is 2.27. The Morgan fingerprint density at radius 1 is 1.14 bits per heavy atom. The van der Waals surface area contributed by atoms with Crippen LogP contribution in [0.25, 0.3) is 16.9 Å². The molecule has 0 bridgehead atoms. The van der Waals surface area contributed by atoms with Crippen molar-refractivity contribution in [2.75, 3.05) is 5.73 Å². The fraction of sp³-hybridized carbons (Fsp3) is 0.0526. The number of hydrogen-bond acceptors (Lipinski definition) is 5. The average Bonchev–Trinajstić information content (AvgIpc) is 3.17. The molecule has 2 aromatic carbocycles. The van der Waals surface area contributed by atoms with Gasteiger partial charge in [-0.1, -0.05) is 36.4 Å². The van der Waals surface area contributed by atoms with Crippen LogP contribution in [-0.4, -0.2) is 25.5 Å². The minimum absolute atomic E-state index is 0.0791. The van der Waals surface area contributed by atoms with Crippen LogP contribution >= 0.6 is 22.6 Å². The number of carbonyl (C=O) groups is 1. The summed E-state index contributed by atoms with van der Waals surface area (Å²) in [6.07, 6.45) is 0. The number of aromatic nitrogens is 4. The van der Waals surface area contributed by atoms with Crippen molar-refractivity contribution in [1.29, 1.82) is 0 Å². The lowest BCUT2D eigenvalue weighted by Crippen LogP contribution is -2.24. The van der Waals surface area contributed by atoms with Gasteiger partial charge in [0.15, 0.2) is 5.65 Å². The molecule has 10 heteroatoms. The molecule has 3 N–H and O–H groups in total. The third kappa shape index (κ3) is 3.75. The van der Waals surface area contributed by atoms with Crippen molar-refractivity contribution in [2.24, 2.45) is 0 Å². The van der Waals surface area contributed by atoms with Crippen LogP contribution in [0.5, 0.6) is 0 Å². The lowest BCUT2D eigenvalue weighted by molar-refractivity contribution is 0.0940. The number of nitrogens with two attached hydrogens (primary N) is 1. The van der Waals surface area contributed by atoms with Crippen LogP contribution in [0.3, 0.4) is 0 Å². The van der Waals surface area contributed by atoms with Crippen molar-refractivity contribution in [3.63, 3.8) is 0 Å². The normalized spacial score (nSPS) is 11.0. The molecule has 2 heterocycles. The molecule has 0 unspecified atom stereocenters. The Labute approximate surface area is 177 Å². The van der Waals surface area contributed by atoms with Crippen LogP contribution in [-0.2, 0) is 6.54 Å². The number of nitrogens with zero attached hydrogens (tertiary/aromatic N) is 4. The maximum absolute atomic E-state index is 13.7. The third-order valence-electron chi connectivity index (χ3n) is 4.16. The Kier molecular flexibility index (Phi) is 5.09. The van der Waals surface area contributed by atoms with Crippen LogP contribution in [0.15, 0.2) is 48.5 Å². The summed E-state index contributed by atoms with van der Waals surface area (Å²) in [7, 11) is 0. The predicted octanol–water partition coefficient (Wildman–Crippen LogP) is 3.19. The number of hydrogen-bond donors (Lipinski definition) is 2. The van der Waals surface area contributed by atoms with Gasteiger partial charge in [-0.3, -0.25) is 4.79 Å². The topological polar surface area (TPSA) is 98.2 Å². The number of rotatable bonds is 4. The van der Waals surface area contributed by atoms with Crippen molar-refractivity contribution >= 4 is 40.1 Å². The Bertz CT molecular complexity index is 1230. The highest BCUT2D eigenvalue weighted by molar-refractivity contribution is 14.1. The molecule has 0 radical (unpaired) electrons. The molecule has 0 saturated heterocycles. The van der Waals surface area contributed by atoms with Gasteiger partial charge in [0.25, 0.3) is 5.91 Å². The van der Waals surface area contributed by atoms with Crippen LogP contribution in [0.1, 0.15) is 16.2 Å². The number of carbonyl (C=O) groups excluding carboxylic acids is 1. The second-order valence-corrected chi connectivity index (χ2v) is 7.17. The molecule has 0 aliphatic heterocycles. The van der Waals surface area contributed by atoms with Crippen molar-refractivity contribution in [3.05, 3.63) is 75.1 Å². The molecule has 146 valence electrons. The fourth-order valence-corrected chi connectivity index (χ4v) is 3.51. The van der Waals surface area contributed by atoms with E-state index in [9.17, 15) is 13.6 Å². The highest BCUT2D eigenvalue weighted by Gasteiger charge is 2.20. The zero-order chi connectivity index (χ0) is 20.5. The van der Waals surface area contributed by atoms with Gasteiger partial charge in [-0.15, -0.1) is 5.10 Å². The van der Waals surface area contributed by atoms with E-state index < -0.39 is 17.5 Å². The molecule has 4 rings (SSSR count). The van der Waals surface area contributed by atoms with Gasteiger partial charge in [0.1, 0.15) is 11.6 Å². The van der Waals surface area contributed by atoms with Gasteiger partial charge in [-0.25, -0.2) is 18.7 Å². The predicted molar refractivity (Wildman–Crippen MR) is 111 cm³/mol. The Balaban J connectivity index is 1.64. The summed E-state index contributed by atoms with van der Waals surface area (Å²) < 4.78 is 28.7. The first kappa shape index (κ1) is 19.2. The van der Waals surface area contributed by atoms with Crippen LogP contribution in [0.4, 0.5) is 14.7 Å². The summed E-state index contributed by atoms with van der Waals surface area (Å²) in [4.78, 5) is 21.1. The zero-order valence-electron chi connectivity index (χ0n) is 14.7. The van der Waals surface area contributed by atoms with E-state index in [1.165, 1.54) is 10.6 Å². The zero-order valence-corrected chi connectivity index (χ0v) is 16.9. The van der Waals surface area contributed by atoms with E-state index in [2.05, 4.69) is 43.0 Å². The van der Waals surface area contributed by atoms with Gasteiger partial charge >= 0.3 is 0 Å². The lowest BCUT2D eigenvalue weighted by atomic mass is 10.1. The summed E-state index contributed by atoms with van der Waals surface area (Å²) in [5.74, 6) is -2.11. The van der Waals surface area contributed by atoms with Crippen LogP contribution in [0.2, 0.25) is 0 Å². The molecule has 0 saturated carbocycles. The molecular weight excluding hydrogens is 493 g/mol. The van der Waals surface area contributed by atoms with Crippen LogP contribution < -0.4 is 11.1 Å². The molecule has 4 aromatic rings. The number of anilines is 1. The van der Waals surface area contributed by atoms with Crippen molar-refractivity contribution < 1.29 is 13.6 Å². The number of halogens is 3. The van der Waals surface area contributed by atoms with Gasteiger partial charge in [-0.05, 0) is 28.7 Å². The lowest BCUT2D eigenvalue weighted by Gasteiger charge is -2.06. The molecule has 0 fully saturated rings. The smallest absolute Gasteiger partial charge is 0.291 e. The standard InChI is InChI=1S/C19H13F2IN6O/c20-12-7-6-11(13(21)8-12)9-24-18(29)16-26-17-14(22)15(10-4-2-1-3-5-10)25-19(23)28(17)27-16/h1-8H,9H2,(H2,23,25)(H,24,29). The summed E-state index contributed by atoms with van der Waals surface area (Å²) in [5.41, 5.74) is 8.02. The first-order chi connectivity index (χ1) is 13.9. The van der Waals surface area contributed by atoms with E-state index in [0.29, 0.717) is 14.9 Å². The summed E-state index contributed by atoms with van der Waals surface area (Å²) >= 11 is 2.08. The Morgan fingerprint density at radius 2 is 1.90 bits per heavy atom. The second-order valence-electron chi connectivity index (χ2n) is 6.09. The largest absolute Gasteiger partial charge is 0.368 e. The first-order valence-corrected chi connectivity index (χ1v) is 9.51.